The minimum absolute atomic E-state index is 0.00775. The Hall–Kier alpha value is -0.0100. The fraction of sp³-hybridized carbons (Fsp3) is 0.700. The summed E-state index contributed by atoms with van der Waals surface area (Å²) in [4.78, 5) is 11.8. The van der Waals surface area contributed by atoms with E-state index in [9.17, 15) is 4.79 Å². The summed E-state index contributed by atoms with van der Waals surface area (Å²) in [6.45, 7) is 0. The van der Waals surface area contributed by atoms with E-state index < -0.39 is 0 Å². The molecular weight excluding hydrogens is 207 g/mol. The average molecular weight is 217 g/mol. The molecule has 0 heterocycles. The van der Waals surface area contributed by atoms with Gasteiger partial charge in [0.25, 0.3) is 0 Å². The molecule has 0 unspecified atom stereocenters. The molecule has 3 rings (SSSR count). The van der Waals surface area contributed by atoms with Crippen molar-refractivity contribution in [3.05, 3.63) is 12.2 Å². The number of allylic oxidation sites excluding steroid dienone is 2. The molecule has 6 atom stereocenters. The molecule has 0 spiro atoms. The highest BCUT2D eigenvalue weighted by molar-refractivity contribution is 6.32. The SMILES string of the molecule is O=C1[C@H]2CC=C[C@@H]1[C@@H]1[C@@H](Cl)[C@@H](Cl)[C@@H]12. The van der Waals surface area contributed by atoms with Crippen LogP contribution in [0.4, 0.5) is 0 Å². The molecular formula is C10H10Cl2O. The fourth-order valence-electron chi connectivity index (χ4n) is 3.13. The number of ketones is 1. The van der Waals surface area contributed by atoms with E-state index in [-0.39, 0.29) is 22.6 Å². The normalized spacial score (nSPS) is 57.5. The molecule has 0 aliphatic heterocycles. The van der Waals surface area contributed by atoms with Crippen molar-refractivity contribution in [3.63, 3.8) is 0 Å². The number of alkyl halides is 2. The number of fused-ring (bicyclic) bond motifs is 5. The van der Waals surface area contributed by atoms with Crippen molar-refractivity contribution in [2.75, 3.05) is 0 Å². The van der Waals surface area contributed by atoms with Gasteiger partial charge in [-0.15, -0.1) is 23.2 Å². The Bertz CT molecular complexity index is 299. The zero-order valence-electron chi connectivity index (χ0n) is 6.99. The highest BCUT2D eigenvalue weighted by Gasteiger charge is 2.63. The van der Waals surface area contributed by atoms with E-state index in [1.54, 1.807) is 0 Å². The summed E-state index contributed by atoms with van der Waals surface area (Å²) in [5, 5.41) is 0.0267. The van der Waals surface area contributed by atoms with Crippen molar-refractivity contribution >= 4 is 29.0 Å². The molecule has 0 radical (unpaired) electrons. The molecule has 0 amide bonds. The second-order valence-electron chi connectivity index (χ2n) is 4.24. The van der Waals surface area contributed by atoms with Crippen LogP contribution in [0.25, 0.3) is 0 Å². The lowest BCUT2D eigenvalue weighted by Gasteiger charge is -2.44. The van der Waals surface area contributed by atoms with Crippen molar-refractivity contribution in [1.29, 1.82) is 0 Å². The molecule has 13 heavy (non-hydrogen) atoms. The van der Waals surface area contributed by atoms with E-state index in [4.69, 9.17) is 23.2 Å². The molecule has 3 aliphatic rings. The largest absolute Gasteiger partial charge is 0.299 e. The van der Waals surface area contributed by atoms with Crippen LogP contribution in [0.2, 0.25) is 0 Å². The van der Waals surface area contributed by atoms with Gasteiger partial charge in [0.15, 0.2) is 0 Å². The molecule has 2 fully saturated rings. The Morgan fingerprint density at radius 3 is 2.69 bits per heavy atom. The summed E-state index contributed by atoms with van der Waals surface area (Å²) in [6.07, 6.45) is 5.02. The molecule has 3 heteroatoms. The van der Waals surface area contributed by atoms with Crippen LogP contribution < -0.4 is 0 Å². The molecule has 2 bridgehead atoms. The van der Waals surface area contributed by atoms with Gasteiger partial charge in [0, 0.05) is 11.8 Å². The Morgan fingerprint density at radius 2 is 1.92 bits per heavy atom. The number of halogens is 2. The molecule has 0 aromatic carbocycles. The third-order valence-electron chi connectivity index (χ3n) is 3.79. The number of carbonyl (C=O) groups is 1. The maximum atomic E-state index is 11.8. The van der Waals surface area contributed by atoms with Crippen LogP contribution in [0.3, 0.4) is 0 Å². The van der Waals surface area contributed by atoms with Crippen LogP contribution >= 0.6 is 23.2 Å². The van der Waals surface area contributed by atoms with Crippen LogP contribution in [0.5, 0.6) is 0 Å². The first-order chi connectivity index (χ1) is 6.22. The van der Waals surface area contributed by atoms with Gasteiger partial charge in [0.1, 0.15) is 5.78 Å². The molecule has 0 aromatic rings. The summed E-state index contributed by atoms with van der Waals surface area (Å²) >= 11 is 12.2. The third-order valence-corrected chi connectivity index (χ3v) is 5.04. The smallest absolute Gasteiger partial charge is 0.143 e. The quantitative estimate of drug-likeness (QED) is 0.449. The predicted octanol–water partition coefficient (Wildman–Crippen LogP) is 2.22. The maximum absolute atomic E-state index is 11.8. The van der Waals surface area contributed by atoms with E-state index in [0.717, 1.165) is 6.42 Å². The number of Topliss-reactive ketones (excluding diaryl/α,β-unsaturated/α-hetero) is 1. The number of carbonyl (C=O) groups excluding carboxylic acids is 1. The van der Waals surface area contributed by atoms with Gasteiger partial charge >= 0.3 is 0 Å². The molecule has 0 saturated heterocycles. The van der Waals surface area contributed by atoms with E-state index in [1.165, 1.54) is 0 Å². The van der Waals surface area contributed by atoms with Crippen molar-refractivity contribution in [2.45, 2.75) is 17.2 Å². The van der Waals surface area contributed by atoms with Gasteiger partial charge in [0.05, 0.1) is 10.8 Å². The van der Waals surface area contributed by atoms with Crippen LogP contribution in [0.15, 0.2) is 12.2 Å². The van der Waals surface area contributed by atoms with Crippen LogP contribution in [0.1, 0.15) is 6.42 Å². The van der Waals surface area contributed by atoms with Gasteiger partial charge in [-0.3, -0.25) is 4.79 Å². The Labute approximate surface area is 87.1 Å². The highest BCUT2D eigenvalue weighted by Crippen LogP contribution is 2.59. The lowest BCUT2D eigenvalue weighted by molar-refractivity contribution is -0.123. The molecule has 70 valence electrons. The van der Waals surface area contributed by atoms with Crippen molar-refractivity contribution in [3.8, 4) is 0 Å². The molecule has 3 aliphatic carbocycles. The van der Waals surface area contributed by atoms with Crippen LogP contribution in [-0.4, -0.2) is 16.5 Å². The van der Waals surface area contributed by atoms with Gasteiger partial charge < -0.3 is 0 Å². The lowest BCUT2D eigenvalue weighted by Crippen LogP contribution is -2.49. The standard InChI is InChI=1S/C10H10Cl2O/c11-8-6-4-2-1-3-5(10(4)13)7(6)9(8)12/h1-2,4-9H,3H2/t4-,5+,6+,7-,8-,9+/m1/s1. The zero-order valence-corrected chi connectivity index (χ0v) is 8.50. The second-order valence-corrected chi connectivity index (χ2v) is 5.25. The highest BCUT2D eigenvalue weighted by atomic mass is 35.5. The summed E-state index contributed by atoms with van der Waals surface area (Å²) in [5.41, 5.74) is 0. The van der Waals surface area contributed by atoms with Gasteiger partial charge in [-0.2, -0.15) is 0 Å². The first-order valence-corrected chi connectivity index (χ1v) is 5.57. The third kappa shape index (κ3) is 0.829. The van der Waals surface area contributed by atoms with Gasteiger partial charge in [-0.1, -0.05) is 12.2 Å². The van der Waals surface area contributed by atoms with Crippen molar-refractivity contribution < 1.29 is 4.79 Å². The zero-order chi connectivity index (χ0) is 9.16. The Balaban J connectivity index is 2.01. The first kappa shape index (κ1) is 8.31. The number of rotatable bonds is 0. The van der Waals surface area contributed by atoms with Crippen LogP contribution in [-0.2, 0) is 4.79 Å². The molecule has 1 nitrogen and oxygen atoms in total. The fourth-order valence-corrected chi connectivity index (χ4v) is 4.13. The van der Waals surface area contributed by atoms with Crippen molar-refractivity contribution in [1.82, 2.24) is 0 Å². The van der Waals surface area contributed by atoms with E-state index in [0.29, 0.717) is 17.6 Å². The first-order valence-electron chi connectivity index (χ1n) is 4.70. The van der Waals surface area contributed by atoms with Gasteiger partial charge in [0.2, 0.25) is 0 Å². The average Bonchev–Trinajstić information content (AvgIpc) is 2.32. The van der Waals surface area contributed by atoms with E-state index in [1.807, 2.05) is 6.08 Å². The minimum atomic E-state index is 0.00775. The van der Waals surface area contributed by atoms with E-state index in [2.05, 4.69) is 6.08 Å². The summed E-state index contributed by atoms with van der Waals surface area (Å²) in [6, 6.07) is 0. The molecule has 0 N–H and O–H groups in total. The topological polar surface area (TPSA) is 17.1 Å². The molecule has 2 saturated carbocycles. The predicted molar refractivity (Wildman–Crippen MR) is 52.0 cm³/mol. The van der Waals surface area contributed by atoms with Crippen LogP contribution in [0, 0.1) is 23.7 Å². The second kappa shape index (κ2) is 2.52. The van der Waals surface area contributed by atoms with Gasteiger partial charge in [-0.05, 0) is 18.3 Å². The Morgan fingerprint density at radius 1 is 1.23 bits per heavy atom. The maximum Gasteiger partial charge on any atom is 0.143 e. The summed E-state index contributed by atoms with van der Waals surface area (Å²) in [7, 11) is 0. The molecule has 0 aromatic heterocycles. The Kier molecular flexibility index (Phi) is 1.61. The minimum Gasteiger partial charge on any atom is -0.299 e. The van der Waals surface area contributed by atoms with Gasteiger partial charge in [-0.25, -0.2) is 0 Å². The summed E-state index contributed by atoms with van der Waals surface area (Å²) in [5.74, 6) is 1.34. The number of hydrogen-bond acceptors (Lipinski definition) is 1. The van der Waals surface area contributed by atoms with Crippen molar-refractivity contribution in [2.24, 2.45) is 23.7 Å². The lowest BCUT2D eigenvalue weighted by atomic mass is 9.70. The van der Waals surface area contributed by atoms with E-state index >= 15 is 0 Å². The number of hydrogen-bond donors (Lipinski definition) is 0. The summed E-state index contributed by atoms with van der Waals surface area (Å²) < 4.78 is 0. The monoisotopic (exact) mass is 216 g/mol.